The quantitative estimate of drug-likeness (QED) is 0.126. The molecule has 288 valence electrons. The molecule has 2 rings (SSSR count). The number of amides is 6. The molecule has 1 heterocycles. The van der Waals surface area contributed by atoms with Crippen LogP contribution in [0.4, 0.5) is 15.3 Å². The molecule has 1 aliphatic heterocycles. The van der Waals surface area contributed by atoms with Gasteiger partial charge in [0.15, 0.2) is 0 Å². The Kier molecular flexibility index (Phi) is 32.1. The topological polar surface area (TPSA) is 201 Å². The molecule has 1 unspecified atom stereocenters. The second-order valence-electron chi connectivity index (χ2n) is 11.9. The van der Waals surface area contributed by atoms with E-state index in [9.17, 15) is 24.0 Å². The van der Waals surface area contributed by atoms with Gasteiger partial charge >= 0.3 is 12.2 Å². The molecule has 1 saturated heterocycles. The summed E-state index contributed by atoms with van der Waals surface area (Å²) in [6.07, 6.45) is 5.08. The van der Waals surface area contributed by atoms with Crippen molar-refractivity contribution >= 4 is 43.0 Å². The second kappa shape index (κ2) is 31.2. The Bertz CT molecular complexity index is 1020. The number of nitrogens with zero attached hydrogens (tertiary/aromatic N) is 2. The first kappa shape index (κ1) is 50.5. The zero-order chi connectivity index (χ0) is 37.5. The van der Waals surface area contributed by atoms with E-state index in [4.69, 9.17) is 14.3 Å². The molecule has 1 fully saturated rings. The Morgan fingerprint density at radius 1 is 1.06 bits per heavy atom. The zero-order valence-corrected chi connectivity index (χ0v) is 33.2. The summed E-state index contributed by atoms with van der Waals surface area (Å²) in [4.78, 5) is 65.5. The number of hydrogen-bond donors (Lipinski definition) is 5. The number of anilines is 1. The van der Waals surface area contributed by atoms with Gasteiger partial charge < -0.3 is 51.1 Å². The number of ether oxygens (including phenoxy) is 2. The van der Waals surface area contributed by atoms with Gasteiger partial charge in [-0.25, -0.2) is 9.59 Å². The predicted molar refractivity (Wildman–Crippen MR) is 188 cm³/mol. The number of carbonyl (C=O) groups excluding carboxylic acids is 6. The Labute approximate surface area is 287 Å². The van der Waals surface area contributed by atoms with Crippen molar-refractivity contribution in [1.82, 2.24) is 25.8 Å². The number of benzene rings is 1. The zero-order valence-electron chi connectivity index (χ0n) is 30.8. The first-order valence-electron chi connectivity index (χ1n) is 15.8. The van der Waals surface area contributed by atoms with E-state index in [1.54, 1.807) is 49.7 Å². The van der Waals surface area contributed by atoms with Crippen LogP contribution in [0.2, 0.25) is 0 Å². The first-order valence-corrected chi connectivity index (χ1v) is 15.8. The van der Waals surface area contributed by atoms with E-state index in [-0.39, 0.29) is 49.3 Å². The summed E-state index contributed by atoms with van der Waals surface area (Å²) >= 11 is 0. The van der Waals surface area contributed by atoms with Gasteiger partial charge in [0.25, 0.3) is 0 Å². The van der Waals surface area contributed by atoms with Gasteiger partial charge in [-0.15, -0.1) is 0 Å². The molecule has 1 aromatic rings. The molecular weight excluding hydrogens is 879 g/mol. The summed E-state index contributed by atoms with van der Waals surface area (Å²) in [5.74, 6) is 0.191. The Morgan fingerprint density at radius 2 is 1.59 bits per heavy atom. The Balaban J connectivity index is -0.000000312. The number of likely N-dealkylation sites (tertiary alicyclic amines) is 1. The molecule has 0 saturated carbocycles. The minimum absolute atomic E-state index is 0. The minimum Gasteiger partial charge on any atom is -0.527 e. The van der Waals surface area contributed by atoms with Gasteiger partial charge in [0.2, 0.25) is 18.7 Å². The maximum absolute atomic E-state index is 11.7. The van der Waals surface area contributed by atoms with E-state index >= 15 is 0 Å². The third kappa shape index (κ3) is 32.3. The molecule has 1 aliphatic rings. The van der Waals surface area contributed by atoms with Crippen LogP contribution >= 0.6 is 0 Å². The second-order valence-corrected chi connectivity index (χ2v) is 11.9. The summed E-state index contributed by atoms with van der Waals surface area (Å²) in [6, 6.07) is 7.24. The van der Waals surface area contributed by atoms with Crippen molar-refractivity contribution in [3.05, 3.63) is 29.8 Å². The molecule has 6 N–H and O–H groups in total. The van der Waals surface area contributed by atoms with Crippen LogP contribution in [0.3, 0.4) is 0 Å². The fourth-order valence-corrected chi connectivity index (χ4v) is 3.02. The SMILES string of the molecule is CC(C)C(C)N[C-]=O.CCCNC.CN(C)C(=O)OC(C)(C)C.NC=O.O=CNCC(=O)Nc1ccc(COC(=O)N2CCCC2)cc1.[Fm]. The van der Waals surface area contributed by atoms with Crippen LogP contribution in [0.25, 0.3) is 0 Å². The molecule has 0 radical (unpaired) electrons. The molecule has 0 aromatic heterocycles. The monoisotopic (exact) mass is 940 g/mol. The molecule has 0 spiro atoms. The molecule has 16 heteroatoms. The minimum atomic E-state index is -0.388. The summed E-state index contributed by atoms with van der Waals surface area (Å²) < 4.78 is 10.2. The third-order valence-electron chi connectivity index (χ3n) is 5.86. The third-order valence-corrected chi connectivity index (χ3v) is 5.86. The number of rotatable bonds is 11. The van der Waals surface area contributed by atoms with Crippen molar-refractivity contribution in [2.75, 3.05) is 52.6 Å². The van der Waals surface area contributed by atoms with E-state index in [1.165, 1.54) is 11.3 Å². The van der Waals surface area contributed by atoms with Gasteiger partial charge in [-0.2, -0.15) is 6.41 Å². The van der Waals surface area contributed by atoms with Crippen LogP contribution in [0.5, 0.6) is 0 Å². The maximum atomic E-state index is 11.7. The fourth-order valence-electron chi connectivity index (χ4n) is 3.02. The molecule has 1 aromatic carbocycles. The number of nitrogens with one attached hydrogen (secondary N) is 4. The van der Waals surface area contributed by atoms with E-state index in [1.807, 2.05) is 34.7 Å². The van der Waals surface area contributed by atoms with E-state index in [0.29, 0.717) is 18.0 Å². The molecule has 0 bridgehead atoms. The van der Waals surface area contributed by atoms with E-state index in [0.717, 1.165) is 38.0 Å². The number of primary amides is 1. The Morgan fingerprint density at radius 3 is 1.92 bits per heavy atom. The number of carbonyl (C=O) groups is 5. The smallest absolute Gasteiger partial charge is 0.410 e. The van der Waals surface area contributed by atoms with Crippen molar-refractivity contribution in [3.63, 3.8) is 0 Å². The largest absolute Gasteiger partial charge is 0.527 e. The van der Waals surface area contributed by atoms with Crippen LogP contribution in [0.15, 0.2) is 24.3 Å². The van der Waals surface area contributed by atoms with Gasteiger partial charge in [-0.05, 0) is 90.2 Å². The van der Waals surface area contributed by atoms with Crippen molar-refractivity contribution in [3.8, 4) is 0 Å². The summed E-state index contributed by atoms with van der Waals surface area (Å²) in [7, 11) is 5.28. The first-order chi connectivity index (χ1) is 22.5. The van der Waals surface area contributed by atoms with Crippen molar-refractivity contribution in [2.24, 2.45) is 11.7 Å². The Hall–Kier alpha value is -5.40. The summed E-state index contributed by atoms with van der Waals surface area (Å²) in [6.45, 7) is 16.5. The van der Waals surface area contributed by atoms with E-state index in [2.05, 4.69) is 47.8 Å². The van der Waals surface area contributed by atoms with Crippen molar-refractivity contribution < 1.29 is 38.2 Å². The summed E-state index contributed by atoms with van der Waals surface area (Å²) in [5.41, 5.74) is 5.24. The van der Waals surface area contributed by atoms with Gasteiger partial charge in [0.1, 0.15) is 12.2 Å². The molecule has 0 aliphatic carbocycles. The van der Waals surface area contributed by atoms with Crippen molar-refractivity contribution in [2.45, 2.75) is 86.0 Å². The molecule has 6 amide bonds. The van der Waals surface area contributed by atoms with Gasteiger partial charge in [0, 0.05) is 32.9 Å². The van der Waals surface area contributed by atoms with Crippen LogP contribution < -0.4 is 27.0 Å². The number of hydrogen-bond acceptors (Lipinski definition) is 9. The van der Waals surface area contributed by atoms with Crippen molar-refractivity contribution in [1.29, 1.82) is 0 Å². The normalized spacial score (nSPS) is 11.6. The van der Waals surface area contributed by atoms with Crippen LogP contribution in [-0.2, 0) is 35.3 Å². The van der Waals surface area contributed by atoms with Gasteiger partial charge in [-0.3, -0.25) is 14.4 Å². The maximum Gasteiger partial charge on any atom is 0.410 e. The average molecular weight is 940 g/mol. The number of nitrogens with two attached hydrogens (primary N) is 1. The van der Waals surface area contributed by atoms with E-state index < -0.39 is 0 Å². The standard InChI is InChI=1S/C15H19N3O4.C7H15NO2.C6H12NO.C4H11N.CH3NO.Fm/c19-11-16-9-14(20)17-13-5-3-12(4-6-13)10-22-15(21)18-7-1-2-8-18;1-7(2,3)10-6(9)8(4)5;1-5(2)6(3)7-4-8;1-3-4-5-2;2-1-3;/h3-6,11H,1-2,7-10H2,(H,16,19)(H,17,20);1-5H3;5-6H,1-3H3,(H,7,8);5H,3-4H2,1-2H3;1H,(H2,2,3);/q;;-1;;;. The molecule has 15 nitrogen and oxygen atoms in total. The molecule has 1 atom stereocenters. The van der Waals surface area contributed by atoms with Crippen LogP contribution in [0.1, 0.15) is 73.3 Å². The van der Waals surface area contributed by atoms with Crippen LogP contribution in [0, 0.1) is 5.92 Å². The fraction of sp³-hybridized carbons (Fsp3) is 0.636. The average Bonchev–Trinajstić information content (AvgIpc) is 3.56. The van der Waals surface area contributed by atoms with Gasteiger partial charge in [-0.1, -0.05) is 32.9 Å². The summed E-state index contributed by atoms with van der Waals surface area (Å²) in [5, 5.41) is 10.5. The molecular formula is C33H60FmN7O8-. The van der Waals surface area contributed by atoms with Gasteiger partial charge in [0.05, 0.1) is 6.54 Å². The van der Waals surface area contributed by atoms with Crippen LogP contribution in [-0.4, -0.2) is 106 Å². The molecule has 49 heavy (non-hydrogen) atoms. The predicted octanol–water partition coefficient (Wildman–Crippen LogP) is 2.99.